The Morgan fingerprint density at radius 2 is 1.79 bits per heavy atom. The third-order valence-electron chi connectivity index (χ3n) is 4.29. The first-order valence-electron chi connectivity index (χ1n) is 8.26. The number of rotatable bonds is 4. The lowest BCUT2D eigenvalue weighted by Crippen LogP contribution is -2.03. The third kappa shape index (κ3) is 2.79. The zero-order chi connectivity index (χ0) is 19.7. The Kier molecular flexibility index (Phi) is 4.33. The van der Waals surface area contributed by atoms with Crippen molar-refractivity contribution < 1.29 is 13.9 Å². The molecule has 0 saturated heterocycles. The lowest BCUT2D eigenvalue weighted by Gasteiger charge is -2.15. The van der Waals surface area contributed by atoms with Gasteiger partial charge in [0.15, 0.2) is 5.82 Å². The van der Waals surface area contributed by atoms with Gasteiger partial charge in [-0.15, -0.1) is 0 Å². The topological polar surface area (TPSA) is 85.3 Å². The zero-order valence-electron chi connectivity index (χ0n) is 15.0. The van der Waals surface area contributed by atoms with Crippen molar-refractivity contribution in [1.29, 1.82) is 5.26 Å². The van der Waals surface area contributed by atoms with E-state index in [1.54, 1.807) is 41.2 Å². The van der Waals surface area contributed by atoms with Gasteiger partial charge < -0.3 is 9.47 Å². The van der Waals surface area contributed by atoms with Crippen LogP contribution < -0.4 is 9.47 Å². The number of methoxy groups -OCH3 is 2. The Labute approximate surface area is 159 Å². The SMILES string of the molecule is COc1ncc(-c2c(-c3ccc(C#N)cc3)nc(OC)c3cncn23)cc1F. The van der Waals surface area contributed by atoms with Crippen LogP contribution in [0.4, 0.5) is 4.39 Å². The molecule has 4 aromatic rings. The molecule has 28 heavy (non-hydrogen) atoms. The lowest BCUT2D eigenvalue weighted by molar-refractivity contribution is 0.369. The number of benzene rings is 1. The number of pyridine rings is 1. The van der Waals surface area contributed by atoms with E-state index in [1.807, 2.05) is 0 Å². The van der Waals surface area contributed by atoms with Gasteiger partial charge >= 0.3 is 0 Å². The molecule has 3 heterocycles. The minimum atomic E-state index is -0.588. The quantitative estimate of drug-likeness (QED) is 0.543. The highest BCUT2D eigenvalue weighted by atomic mass is 19.1. The van der Waals surface area contributed by atoms with Gasteiger partial charge in [0.2, 0.25) is 11.8 Å². The van der Waals surface area contributed by atoms with E-state index < -0.39 is 5.82 Å². The molecule has 0 spiro atoms. The number of nitrogens with zero attached hydrogens (tertiary/aromatic N) is 5. The summed E-state index contributed by atoms with van der Waals surface area (Å²) in [7, 11) is 2.88. The molecule has 1 aromatic carbocycles. The number of nitriles is 1. The second-order valence-electron chi connectivity index (χ2n) is 5.87. The molecule has 0 N–H and O–H groups in total. The van der Waals surface area contributed by atoms with Crippen LogP contribution in [-0.4, -0.2) is 33.6 Å². The van der Waals surface area contributed by atoms with E-state index >= 15 is 0 Å². The molecule has 0 fully saturated rings. The van der Waals surface area contributed by atoms with Crippen molar-refractivity contribution in [3.05, 3.63) is 60.4 Å². The van der Waals surface area contributed by atoms with Crippen LogP contribution in [0.15, 0.2) is 49.1 Å². The standard InChI is InChI=1S/C20H14FN5O2/c1-27-19-15(21)7-14(9-24-19)18-17(13-5-3-12(8-22)4-6-13)25-20(28-2)16-10-23-11-26(16)18/h3-7,9-11H,1-2H3. The summed E-state index contributed by atoms with van der Waals surface area (Å²) in [5.74, 6) is -0.301. The first kappa shape index (κ1) is 17.4. The van der Waals surface area contributed by atoms with Gasteiger partial charge in [0.25, 0.3) is 0 Å². The first-order valence-corrected chi connectivity index (χ1v) is 8.26. The molecule has 0 unspecified atom stereocenters. The normalized spacial score (nSPS) is 10.6. The van der Waals surface area contributed by atoms with Gasteiger partial charge in [-0.05, 0) is 18.2 Å². The van der Waals surface area contributed by atoms with Crippen LogP contribution >= 0.6 is 0 Å². The van der Waals surface area contributed by atoms with E-state index in [9.17, 15) is 4.39 Å². The van der Waals surface area contributed by atoms with Gasteiger partial charge in [0.05, 0.1) is 49.8 Å². The number of hydrogen-bond acceptors (Lipinski definition) is 6. The number of imidazole rings is 1. The van der Waals surface area contributed by atoms with Crippen LogP contribution in [0.3, 0.4) is 0 Å². The Bertz CT molecular complexity index is 1210. The fourth-order valence-electron chi connectivity index (χ4n) is 2.99. The smallest absolute Gasteiger partial charge is 0.250 e. The van der Waals surface area contributed by atoms with E-state index in [4.69, 9.17) is 14.7 Å². The highest BCUT2D eigenvalue weighted by Gasteiger charge is 2.19. The lowest BCUT2D eigenvalue weighted by atomic mass is 10.0. The largest absolute Gasteiger partial charge is 0.479 e. The number of hydrogen-bond donors (Lipinski definition) is 0. The van der Waals surface area contributed by atoms with Gasteiger partial charge in [0, 0.05) is 17.3 Å². The van der Waals surface area contributed by atoms with Crippen LogP contribution in [0.25, 0.3) is 28.0 Å². The minimum absolute atomic E-state index is 0.0907. The number of aromatic nitrogens is 4. The first-order chi connectivity index (χ1) is 13.7. The maximum atomic E-state index is 14.3. The molecule has 0 saturated carbocycles. The third-order valence-corrected chi connectivity index (χ3v) is 4.29. The van der Waals surface area contributed by atoms with Crippen LogP contribution in [0.1, 0.15) is 5.56 Å². The van der Waals surface area contributed by atoms with Crippen LogP contribution in [0, 0.1) is 17.1 Å². The second-order valence-corrected chi connectivity index (χ2v) is 5.87. The maximum absolute atomic E-state index is 14.3. The van der Waals surface area contributed by atoms with Crippen LogP contribution in [0.5, 0.6) is 11.8 Å². The van der Waals surface area contributed by atoms with E-state index in [-0.39, 0.29) is 5.88 Å². The molecule has 0 aliphatic heterocycles. The summed E-state index contributed by atoms with van der Waals surface area (Å²) in [6.45, 7) is 0. The molecule has 0 aliphatic rings. The molecule has 3 aromatic heterocycles. The van der Waals surface area contributed by atoms with Crippen molar-refractivity contribution in [2.45, 2.75) is 0 Å². The molecule has 4 rings (SSSR count). The number of fused-ring (bicyclic) bond motifs is 1. The molecule has 0 bridgehead atoms. The van der Waals surface area contributed by atoms with Gasteiger partial charge in [-0.2, -0.15) is 5.26 Å². The molecule has 0 aliphatic carbocycles. The summed E-state index contributed by atoms with van der Waals surface area (Å²) in [4.78, 5) is 12.8. The Morgan fingerprint density at radius 1 is 1.04 bits per heavy atom. The summed E-state index contributed by atoms with van der Waals surface area (Å²) in [5.41, 5.74) is 3.52. The average molecular weight is 375 g/mol. The number of ether oxygens (including phenoxy) is 2. The van der Waals surface area contributed by atoms with Crippen molar-refractivity contribution in [2.24, 2.45) is 0 Å². The maximum Gasteiger partial charge on any atom is 0.250 e. The fraction of sp³-hybridized carbons (Fsp3) is 0.100. The number of halogens is 1. The van der Waals surface area contributed by atoms with Gasteiger partial charge in [-0.1, -0.05) is 12.1 Å². The van der Waals surface area contributed by atoms with E-state index in [1.165, 1.54) is 26.5 Å². The van der Waals surface area contributed by atoms with Crippen LogP contribution in [0.2, 0.25) is 0 Å². The Balaban J connectivity index is 2.04. The van der Waals surface area contributed by atoms with Crippen molar-refractivity contribution in [3.8, 4) is 40.3 Å². The van der Waals surface area contributed by atoms with Crippen molar-refractivity contribution >= 4 is 5.52 Å². The van der Waals surface area contributed by atoms with Crippen LogP contribution in [-0.2, 0) is 0 Å². The Hall–Kier alpha value is -3.99. The van der Waals surface area contributed by atoms with Crippen molar-refractivity contribution in [2.75, 3.05) is 14.2 Å². The second kappa shape index (κ2) is 6.96. The van der Waals surface area contributed by atoms with E-state index in [0.29, 0.717) is 33.9 Å². The monoisotopic (exact) mass is 375 g/mol. The van der Waals surface area contributed by atoms with Gasteiger partial charge in [-0.25, -0.2) is 19.3 Å². The summed E-state index contributed by atoms with van der Waals surface area (Å²) >= 11 is 0. The predicted octanol–water partition coefficient (Wildman–Crippen LogP) is 3.49. The van der Waals surface area contributed by atoms with Gasteiger partial charge in [-0.3, -0.25) is 4.40 Å². The van der Waals surface area contributed by atoms with Crippen molar-refractivity contribution in [1.82, 2.24) is 19.4 Å². The molecule has 0 atom stereocenters. The Morgan fingerprint density at radius 3 is 2.43 bits per heavy atom. The minimum Gasteiger partial charge on any atom is -0.479 e. The molecule has 0 radical (unpaired) electrons. The molecule has 7 nitrogen and oxygen atoms in total. The van der Waals surface area contributed by atoms with E-state index in [0.717, 1.165) is 5.56 Å². The highest BCUT2D eigenvalue weighted by molar-refractivity contribution is 5.82. The molecule has 8 heteroatoms. The summed E-state index contributed by atoms with van der Waals surface area (Å²) in [5, 5.41) is 9.05. The summed E-state index contributed by atoms with van der Waals surface area (Å²) in [6, 6.07) is 10.4. The predicted molar refractivity (Wildman–Crippen MR) is 99.4 cm³/mol. The van der Waals surface area contributed by atoms with E-state index in [2.05, 4.69) is 21.0 Å². The molecular weight excluding hydrogens is 361 g/mol. The highest BCUT2D eigenvalue weighted by Crippen LogP contribution is 2.35. The van der Waals surface area contributed by atoms with Crippen molar-refractivity contribution in [3.63, 3.8) is 0 Å². The molecule has 0 amide bonds. The average Bonchev–Trinajstić information content (AvgIpc) is 3.22. The van der Waals surface area contributed by atoms with Gasteiger partial charge in [0.1, 0.15) is 5.52 Å². The zero-order valence-corrected chi connectivity index (χ0v) is 15.0. The summed E-state index contributed by atoms with van der Waals surface area (Å²) < 4.78 is 26.4. The fourth-order valence-corrected chi connectivity index (χ4v) is 2.99. The molecule has 138 valence electrons. The summed E-state index contributed by atoms with van der Waals surface area (Å²) in [6.07, 6.45) is 4.73. The molecular formula is C20H14FN5O2.